The lowest BCUT2D eigenvalue weighted by atomic mass is 10.2. The third-order valence-electron chi connectivity index (χ3n) is 3.10. The minimum atomic E-state index is -0.446. The molecular weight excluding hydrogens is 270 g/mol. The van der Waals surface area contributed by atoms with Crippen LogP contribution in [-0.4, -0.2) is 14.3 Å². The van der Waals surface area contributed by atoms with Crippen LogP contribution in [0.5, 0.6) is 5.75 Å². The van der Waals surface area contributed by atoms with Gasteiger partial charge in [-0.3, -0.25) is 10.1 Å². The number of benzene rings is 1. The Hall–Kier alpha value is -2.89. The summed E-state index contributed by atoms with van der Waals surface area (Å²) in [6.07, 6.45) is 3.73. The van der Waals surface area contributed by atoms with Gasteiger partial charge in [0.05, 0.1) is 10.6 Å². The van der Waals surface area contributed by atoms with Gasteiger partial charge in [-0.15, -0.1) is 0 Å². The van der Waals surface area contributed by atoms with E-state index in [1.54, 1.807) is 12.1 Å². The number of hydrogen-bond donors (Lipinski definition) is 0. The van der Waals surface area contributed by atoms with Gasteiger partial charge in [0.15, 0.2) is 5.75 Å². The monoisotopic (exact) mass is 283 g/mol. The first kappa shape index (κ1) is 13.1. The van der Waals surface area contributed by atoms with E-state index in [1.165, 1.54) is 6.07 Å². The minimum Gasteiger partial charge on any atom is -0.480 e. The number of pyridine rings is 1. The minimum absolute atomic E-state index is 0.0376. The maximum absolute atomic E-state index is 11.0. The SMILES string of the molecule is Cc1ccc([N+](=O)[O-])c(OCc2cn3ccccc3n2)c1. The molecule has 2 aromatic heterocycles. The van der Waals surface area contributed by atoms with Crippen LogP contribution in [0.1, 0.15) is 11.3 Å². The predicted octanol–water partition coefficient (Wildman–Crippen LogP) is 3.13. The molecule has 0 saturated carbocycles. The highest BCUT2D eigenvalue weighted by molar-refractivity contribution is 5.48. The van der Waals surface area contributed by atoms with E-state index >= 15 is 0 Å². The highest BCUT2D eigenvalue weighted by Crippen LogP contribution is 2.28. The molecule has 0 saturated heterocycles. The summed E-state index contributed by atoms with van der Waals surface area (Å²) in [6.45, 7) is 2.05. The van der Waals surface area contributed by atoms with Gasteiger partial charge >= 0.3 is 5.69 Å². The van der Waals surface area contributed by atoms with E-state index < -0.39 is 4.92 Å². The fourth-order valence-electron chi connectivity index (χ4n) is 2.10. The molecule has 0 aliphatic carbocycles. The smallest absolute Gasteiger partial charge is 0.310 e. The molecule has 1 aromatic carbocycles. The maximum Gasteiger partial charge on any atom is 0.310 e. The van der Waals surface area contributed by atoms with Gasteiger partial charge in [-0.25, -0.2) is 4.98 Å². The molecule has 0 N–H and O–H groups in total. The number of nitro benzene ring substituents is 1. The lowest BCUT2D eigenvalue weighted by Gasteiger charge is -2.05. The molecular formula is C15H13N3O3. The molecule has 6 nitrogen and oxygen atoms in total. The Balaban J connectivity index is 1.84. The molecule has 0 aliphatic rings. The number of aryl methyl sites for hydroxylation is 1. The van der Waals surface area contributed by atoms with Gasteiger partial charge in [-0.05, 0) is 30.7 Å². The van der Waals surface area contributed by atoms with Crippen LogP contribution in [0.3, 0.4) is 0 Å². The number of hydrogen-bond acceptors (Lipinski definition) is 4. The van der Waals surface area contributed by atoms with Crippen molar-refractivity contribution in [2.75, 3.05) is 0 Å². The molecule has 0 unspecified atom stereocenters. The molecule has 0 spiro atoms. The molecule has 0 atom stereocenters. The first-order valence-corrected chi connectivity index (χ1v) is 6.44. The Morgan fingerprint density at radius 3 is 2.95 bits per heavy atom. The molecule has 0 fully saturated rings. The van der Waals surface area contributed by atoms with E-state index in [2.05, 4.69) is 4.98 Å². The summed E-state index contributed by atoms with van der Waals surface area (Å²) in [5, 5.41) is 11.0. The summed E-state index contributed by atoms with van der Waals surface area (Å²) in [7, 11) is 0. The molecule has 6 heteroatoms. The van der Waals surface area contributed by atoms with E-state index in [0.29, 0.717) is 0 Å². The van der Waals surface area contributed by atoms with Crippen LogP contribution in [0.2, 0.25) is 0 Å². The standard InChI is InChI=1S/C15H13N3O3/c1-11-5-6-13(18(19)20)14(8-11)21-10-12-9-17-7-3-2-4-15(17)16-12/h2-9H,10H2,1H3. The number of ether oxygens (including phenoxy) is 1. The predicted molar refractivity (Wildman–Crippen MR) is 77.4 cm³/mol. The second-order valence-corrected chi connectivity index (χ2v) is 4.72. The average Bonchev–Trinajstić information content (AvgIpc) is 2.87. The lowest BCUT2D eigenvalue weighted by Crippen LogP contribution is -1.99. The van der Waals surface area contributed by atoms with E-state index in [4.69, 9.17) is 4.74 Å². The summed E-state index contributed by atoms with van der Waals surface area (Å²) < 4.78 is 7.46. The fourth-order valence-corrected chi connectivity index (χ4v) is 2.10. The van der Waals surface area contributed by atoms with Gasteiger partial charge in [0.1, 0.15) is 12.3 Å². The van der Waals surface area contributed by atoms with Crippen LogP contribution < -0.4 is 4.74 Å². The Morgan fingerprint density at radius 2 is 2.19 bits per heavy atom. The first-order valence-electron chi connectivity index (χ1n) is 6.44. The van der Waals surface area contributed by atoms with E-state index in [-0.39, 0.29) is 18.0 Å². The van der Waals surface area contributed by atoms with Crippen LogP contribution in [0.25, 0.3) is 5.65 Å². The highest BCUT2D eigenvalue weighted by Gasteiger charge is 2.15. The number of fused-ring (bicyclic) bond motifs is 1. The van der Waals surface area contributed by atoms with Crippen molar-refractivity contribution in [1.29, 1.82) is 0 Å². The second kappa shape index (κ2) is 5.24. The normalized spacial score (nSPS) is 10.7. The molecule has 3 aromatic rings. The van der Waals surface area contributed by atoms with Gasteiger partial charge < -0.3 is 9.14 Å². The fraction of sp³-hybridized carbons (Fsp3) is 0.133. The quantitative estimate of drug-likeness (QED) is 0.545. The molecule has 0 aliphatic heterocycles. The molecule has 21 heavy (non-hydrogen) atoms. The Kier molecular flexibility index (Phi) is 3.27. The van der Waals surface area contributed by atoms with Crippen LogP contribution in [-0.2, 0) is 6.61 Å². The van der Waals surface area contributed by atoms with E-state index in [1.807, 2.05) is 41.9 Å². The van der Waals surface area contributed by atoms with Crippen LogP contribution in [0.4, 0.5) is 5.69 Å². The largest absolute Gasteiger partial charge is 0.480 e. The van der Waals surface area contributed by atoms with Crippen molar-refractivity contribution in [2.45, 2.75) is 13.5 Å². The zero-order chi connectivity index (χ0) is 14.8. The number of aromatic nitrogens is 2. The molecule has 2 heterocycles. The van der Waals surface area contributed by atoms with Crippen molar-refractivity contribution in [3.8, 4) is 5.75 Å². The summed E-state index contributed by atoms with van der Waals surface area (Å²) in [6, 6.07) is 10.5. The van der Waals surface area contributed by atoms with Gasteiger partial charge in [-0.1, -0.05) is 12.1 Å². The summed E-state index contributed by atoms with van der Waals surface area (Å²) >= 11 is 0. The average molecular weight is 283 g/mol. The lowest BCUT2D eigenvalue weighted by molar-refractivity contribution is -0.386. The number of nitro groups is 1. The van der Waals surface area contributed by atoms with Gasteiger partial charge in [0.25, 0.3) is 0 Å². The summed E-state index contributed by atoms with van der Waals surface area (Å²) in [5.74, 6) is 0.261. The maximum atomic E-state index is 11.0. The van der Waals surface area contributed by atoms with Gasteiger partial charge in [-0.2, -0.15) is 0 Å². The molecule has 0 radical (unpaired) electrons. The number of rotatable bonds is 4. The van der Waals surface area contributed by atoms with Gasteiger partial charge in [0, 0.05) is 18.5 Å². The second-order valence-electron chi connectivity index (χ2n) is 4.72. The molecule has 0 bridgehead atoms. The van der Waals surface area contributed by atoms with Crippen molar-refractivity contribution in [3.05, 3.63) is 70.2 Å². The van der Waals surface area contributed by atoms with E-state index in [0.717, 1.165) is 16.9 Å². The van der Waals surface area contributed by atoms with Crippen molar-refractivity contribution in [2.24, 2.45) is 0 Å². The van der Waals surface area contributed by atoms with Crippen molar-refractivity contribution < 1.29 is 9.66 Å². The van der Waals surface area contributed by atoms with E-state index in [9.17, 15) is 10.1 Å². The number of nitrogens with zero attached hydrogens (tertiary/aromatic N) is 3. The molecule has 0 amide bonds. The highest BCUT2D eigenvalue weighted by atomic mass is 16.6. The number of imidazole rings is 1. The third-order valence-corrected chi connectivity index (χ3v) is 3.10. The molecule has 3 rings (SSSR count). The summed E-state index contributed by atoms with van der Waals surface area (Å²) in [5.41, 5.74) is 2.40. The zero-order valence-electron chi connectivity index (χ0n) is 11.4. The van der Waals surface area contributed by atoms with Crippen molar-refractivity contribution in [1.82, 2.24) is 9.38 Å². The van der Waals surface area contributed by atoms with Crippen LogP contribution in [0.15, 0.2) is 48.8 Å². The first-order chi connectivity index (χ1) is 10.1. The van der Waals surface area contributed by atoms with Crippen LogP contribution in [0, 0.1) is 17.0 Å². The summed E-state index contributed by atoms with van der Waals surface area (Å²) in [4.78, 5) is 14.9. The van der Waals surface area contributed by atoms with Crippen LogP contribution >= 0.6 is 0 Å². The molecule has 106 valence electrons. The Bertz CT molecular complexity index is 778. The topological polar surface area (TPSA) is 69.7 Å². The Morgan fingerprint density at radius 1 is 1.33 bits per heavy atom. The Labute approximate surface area is 120 Å². The zero-order valence-corrected chi connectivity index (χ0v) is 11.4. The van der Waals surface area contributed by atoms with Crippen molar-refractivity contribution in [3.63, 3.8) is 0 Å². The third kappa shape index (κ3) is 2.69. The van der Waals surface area contributed by atoms with Crippen molar-refractivity contribution >= 4 is 11.3 Å². The van der Waals surface area contributed by atoms with Gasteiger partial charge in [0.2, 0.25) is 0 Å².